The molecule has 0 unspecified atom stereocenters. The van der Waals surface area contributed by atoms with Crippen molar-refractivity contribution < 1.29 is 76.3 Å². The maximum atomic E-state index is 13.0. The lowest BCUT2D eigenvalue weighted by Gasteiger charge is -2.29. The predicted octanol–water partition coefficient (Wildman–Crippen LogP) is 11.0. The molecule has 0 radical (unpaired) electrons. The third-order valence-electron chi connectivity index (χ3n) is 13.4. The molecule has 0 rings (SSSR count). The fraction of sp³-hybridized carbons (Fsp3) is 0.889. The number of unbranched alkanes of at least 4 members (excludes halogenated alkanes) is 1. The summed E-state index contributed by atoms with van der Waals surface area (Å²) in [5.41, 5.74) is -5.09. The normalized spacial score (nSPS) is 13.0. The van der Waals surface area contributed by atoms with Crippen LogP contribution in [0.4, 0.5) is 0 Å². The average molecular weight is 1340 g/mol. The van der Waals surface area contributed by atoms with Crippen LogP contribution in [0.25, 0.3) is 0 Å². The minimum Gasteiger partial charge on any atom is -0.460 e. The van der Waals surface area contributed by atoms with E-state index in [4.69, 9.17) is 37.9 Å². The van der Waals surface area contributed by atoms with Crippen molar-refractivity contribution in [1.29, 1.82) is 0 Å². The largest absolute Gasteiger partial charge is 0.460 e. The Kier molecular flexibility index (Phi) is 41.0. The third kappa shape index (κ3) is 57.7. The van der Waals surface area contributed by atoms with Crippen LogP contribution in [-0.4, -0.2) is 240 Å². The Morgan fingerprint density at radius 1 is 0.170 bits per heavy atom. The van der Waals surface area contributed by atoms with E-state index >= 15 is 0 Å². The first-order chi connectivity index (χ1) is 42.8. The fourth-order valence-electron chi connectivity index (χ4n) is 9.89. The lowest BCUT2D eigenvalue weighted by molar-refractivity contribution is -0.157. The molecule has 0 saturated heterocycles. The second-order valence-electron chi connectivity index (χ2n) is 32.9. The van der Waals surface area contributed by atoms with E-state index in [1.54, 1.807) is 0 Å². The predicted molar refractivity (Wildman–Crippen MR) is 370 cm³/mol. The minimum atomic E-state index is -0.636. The summed E-state index contributed by atoms with van der Waals surface area (Å²) in [5.74, 6) is -2.48. The van der Waals surface area contributed by atoms with Crippen LogP contribution in [0.1, 0.15) is 256 Å². The molecule has 0 aromatic rings. The zero-order valence-corrected chi connectivity index (χ0v) is 63.8. The SMILES string of the molecule is CC(C)(C)OC(=O)CCN(CCCN(CCCCN(CCCN(CCC(=O)OC(C)(C)C)CCC(=O)OC(C)(C)C)CCCN(CCC(=O)OC(C)(C)C)CCC(=O)OC(C)(C)C)CCCN(CCC(=O)OC(C)(C)C)CCC(=O)OC(C)(C)C)CCC(=O)OC(C)(C)C. The number of ether oxygens (including phenoxy) is 8. The number of carbonyl (C=O) groups is 8. The highest BCUT2D eigenvalue weighted by molar-refractivity contribution is 5.73. The van der Waals surface area contributed by atoms with Gasteiger partial charge >= 0.3 is 47.8 Å². The van der Waals surface area contributed by atoms with Gasteiger partial charge in [0, 0.05) is 52.4 Å². The quantitative estimate of drug-likeness (QED) is 0.0313. The summed E-state index contributed by atoms with van der Waals surface area (Å²) in [6, 6.07) is 0. The lowest BCUT2D eigenvalue weighted by Crippen LogP contribution is -2.37. The first kappa shape index (κ1) is 89.5. The maximum Gasteiger partial charge on any atom is 0.307 e. The molecule has 0 heterocycles. The van der Waals surface area contributed by atoms with Crippen molar-refractivity contribution in [2.75, 3.05) is 118 Å². The summed E-state index contributed by atoms with van der Waals surface area (Å²) in [5, 5.41) is 0. The second kappa shape index (κ2) is 43.0. The van der Waals surface area contributed by atoms with Crippen molar-refractivity contribution in [3.05, 3.63) is 0 Å². The van der Waals surface area contributed by atoms with Gasteiger partial charge in [-0.15, -0.1) is 0 Å². The monoisotopic (exact) mass is 1340 g/mol. The molecule has 22 nitrogen and oxygen atoms in total. The van der Waals surface area contributed by atoms with E-state index in [0.29, 0.717) is 78.5 Å². The molecule has 0 spiro atoms. The Balaban J connectivity index is 7.11. The van der Waals surface area contributed by atoms with Gasteiger partial charge < -0.3 is 67.3 Å². The van der Waals surface area contributed by atoms with Gasteiger partial charge in [-0.1, -0.05) is 0 Å². The molecular formula is C72H136N6O16. The molecule has 0 aromatic carbocycles. The zero-order chi connectivity index (χ0) is 72.4. The van der Waals surface area contributed by atoms with Crippen LogP contribution < -0.4 is 0 Å². The molecular weight excluding hydrogens is 1200 g/mol. The van der Waals surface area contributed by atoms with Gasteiger partial charge in [0.05, 0.1) is 51.4 Å². The van der Waals surface area contributed by atoms with Gasteiger partial charge in [-0.2, -0.15) is 0 Å². The molecule has 0 bridgehead atoms. The smallest absolute Gasteiger partial charge is 0.307 e. The van der Waals surface area contributed by atoms with Crippen LogP contribution >= 0.6 is 0 Å². The maximum absolute atomic E-state index is 13.0. The van der Waals surface area contributed by atoms with Crippen molar-refractivity contribution in [1.82, 2.24) is 29.4 Å². The molecule has 0 N–H and O–H groups in total. The molecule has 0 aliphatic heterocycles. The van der Waals surface area contributed by atoms with Crippen LogP contribution in [0, 0.1) is 0 Å². The second-order valence-corrected chi connectivity index (χ2v) is 32.9. The summed E-state index contributed by atoms with van der Waals surface area (Å²) in [4.78, 5) is 117. The summed E-state index contributed by atoms with van der Waals surface area (Å²) in [7, 11) is 0. The molecule has 550 valence electrons. The van der Waals surface area contributed by atoms with E-state index in [1.807, 2.05) is 166 Å². The summed E-state index contributed by atoms with van der Waals surface area (Å²) >= 11 is 0. The summed E-state index contributed by atoms with van der Waals surface area (Å²) in [6.45, 7) is 54.4. The topological polar surface area (TPSA) is 230 Å². The van der Waals surface area contributed by atoms with Crippen molar-refractivity contribution in [2.45, 2.75) is 301 Å². The Morgan fingerprint density at radius 3 is 0.372 bits per heavy atom. The lowest BCUT2D eigenvalue weighted by atomic mass is 10.2. The first-order valence-corrected chi connectivity index (χ1v) is 34.9. The van der Waals surface area contributed by atoms with Crippen molar-refractivity contribution in [3.63, 3.8) is 0 Å². The van der Waals surface area contributed by atoms with Gasteiger partial charge in [0.15, 0.2) is 0 Å². The van der Waals surface area contributed by atoms with Crippen LogP contribution in [0.5, 0.6) is 0 Å². The van der Waals surface area contributed by atoms with E-state index in [9.17, 15) is 38.4 Å². The molecule has 0 fully saturated rings. The van der Waals surface area contributed by atoms with Crippen molar-refractivity contribution in [3.8, 4) is 0 Å². The van der Waals surface area contributed by atoms with Gasteiger partial charge in [0.2, 0.25) is 0 Å². The standard InChI is InChI=1S/C72H136N6O16/c1-65(2,3)87-57(79)31-49-75(50-32-58(80)88-66(4,5)6)45-27-41-73(42-28-46-76(51-33-59(81)89-67(7,8)9)52-34-60(82)90-68(10,11)12)39-25-26-40-74(43-29-47-77(53-35-61(83)91-69(13,14)15)54-36-62(84)92-70(16,17)18)44-30-48-78(55-37-63(85)93-71(19,20)21)56-38-64(86)94-72(22,23)24/h25-56H2,1-24H3. The van der Waals surface area contributed by atoms with E-state index < -0.39 is 44.8 Å². The molecule has 0 atom stereocenters. The van der Waals surface area contributed by atoms with E-state index in [1.165, 1.54) is 0 Å². The highest BCUT2D eigenvalue weighted by Gasteiger charge is 2.26. The van der Waals surface area contributed by atoms with Gasteiger partial charge in [-0.25, -0.2) is 0 Å². The number of nitrogens with zero attached hydrogens (tertiary/aromatic N) is 6. The number of hydrogen-bond acceptors (Lipinski definition) is 22. The Labute approximate surface area is 569 Å². The molecule has 0 aliphatic rings. The van der Waals surface area contributed by atoms with Gasteiger partial charge in [-0.3, -0.25) is 38.4 Å². The molecule has 0 amide bonds. The zero-order valence-electron chi connectivity index (χ0n) is 63.8. The molecule has 22 heteroatoms. The highest BCUT2D eigenvalue weighted by Crippen LogP contribution is 2.18. The van der Waals surface area contributed by atoms with E-state index in [2.05, 4.69) is 29.4 Å². The number of hydrogen-bond donors (Lipinski definition) is 0. The van der Waals surface area contributed by atoms with Crippen molar-refractivity contribution >= 4 is 47.8 Å². The minimum absolute atomic E-state index is 0.167. The summed E-state index contributed by atoms with van der Waals surface area (Å²) < 4.78 is 45.3. The number of rotatable bonds is 45. The average Bonchev–Trinajstić information content (AvgIpc) is 1.40. The van der Waals surface area contributed by atoms with E-state index in [-0.39, 0.29) is 99.1 Å². The van der Waals surface area contributed by atoms with Crippen LogP contribution in [0.2, 0.25) is 0 Å². The first-order valence-electron chi connectivity index (χ1n) is 34.9. The van der Waals surface area contributed by atoms with Crippen molar-refractivity contribution in [2.24, 2.45) is 0 Å². The van der Waals surface area contributed by atoms with Gasteiger partial charge in [0.1, 0.15) is 44.8 Å². The fourth-order valence-corrected chi connectivity index (χ4v) is 9.89. The number of carbonyl (C=O) groups excluding carboxylic acids is 8. The Hall–Kier alpha value is -4.48. The van der Waals surface area contributed by atoms with Crippen LogP contribution in [0.3, 0.4) is 0 Å². The Morgan fingerprint density at radius 2 is 0.266 bits per heavy atom. The highest BCUT2D eigenvalue weighted by atomic mass is 16.6. The molecule has 0 saturated carbocycles. The van der Waals surface area contributed by atoms with Gasteiger partial charge in [0.25, 0.3) is 0 Å². The van der Waals surface area contributed by atoms with Gasteiger partial charge in [-0.05, 0) is 270 Å². The molecule has 94 heavy (non-hydrogen) atoms. The Bertz CT molecular complexity index is 1790. The number of esters is 8. The van der Waals surface area contributed by atoms with E-state index in [0.717, 1.165) is 77.8 Å². The van der Waals surface area contributed by atoms with Crippen LogP contribution in [0.15, 0.2) is 0 Å². The molecule has 0 aromatic heterocycles. The molecule has 0 aliphatic carbocycles. The summed E-state index contributed by atoms with van der Waals surface area (Å²) in [6.07, 6.45) is 6.02. The third-order valence-corrected chi connectivity index (χ3v) is 13.4. The van der Waals surface area contributed by atoms with Crippen LogP contribution in [-0.2, 0) is 76.3 Å².